The van der Waals surface area contributed by atoms with E-state index < -0.39 is 12.1 Å². The molecule has 4 heteroatoms. The van der Waals surface area contributed by atoms with Crippen molar-refractivity contribution >= 4 is 22.6 Å². The molecule has 0 heterocycles. The van der Waals surface area contributed by atoms with Crippen LogP contribution in [-0.4, -0.2) is 11.2 Å². The van der Waals surface area contributed by atoms with Crippen molar-refractivity contribution in [2.24, 2.45) is 11.7 Å². The maximum Gasteiger partial charge on any atom is 0.128 e. The third kappa shape index (κ3) is 2.38. The van der Waals surface area contributed by atoms with Crippen LogP contribution < -0.4 is 5.73 Å². The fourth-order valence-corrected chi connectivity index (χ4v) is 2.54. The Hall–Kier alpha value is -0.200. The van der Waals surface area contributed by atoms with Gasteiger partial charge in [-0.25, -0.2) is 4.39 Å². The molecule has 0 radical (unpaired) electrons. The van der Waals surface area contributed by atoms with Crippen molar-refractivity contribution in [1.82, 2.24) is 0 Å². The molecule has 1 aromatic rings. The Morgan fingerprint density at radius 1 is 1.44 bits per heavy atom. The average Bonchev–Trinajstić information content (AvgIpc) is 2.18. The molecular weight excluding hydrogens is 320 g/mol. The summed E-state index contributed by atoms with van der Waals surface area (Å²) in [6.45, 7) is 0. The number of hydrogen-bond donors (Lipinski definition) is 2. The van der Waals surface area contributed by atoms with E-state index in [0.29, 0.717) is 5.56 Å². The molecule has 1 aromatic carbocycles. The summed E-state index contributed by atoms with van der Waals surface area (Å²) in [5.41, 5.74) is 6.35. The summed E-state index contributed by atoms with van der Waals surface area (Å²) in [5, 5.41) is 10.0. The summed E-state index contributed by atoms with van der Waals surface area (Å²) in [6.07, 6.45) is 2.52. The molecule has 2 atom stereocenters. The molecule has 3 N–H and O–H groups in total. The number of benzene rings is 1. The number of nitrogens with two attached hydrogens (primary N) is 1. The van der Waals surface area contributed by atoms with E-state index in [9.17, 15) is 9.50 Å². The van der Waals surface area contributed by atoms with E-state index in [-0.39, 0.29) is 11.7 Å². The number of rotatable bonds is 3. The van der Waals surface area contributed by atoms with Crippen molar-refractivity contribution in [3.05, 3.63) is 33.1 Å². The molecule has 0 amide bonds. The second-order valence-corrected chi connectivity index (χ2v) is 5.62. The lowest BCUT2D eigenvalue weighted by molar-refractivity contribution is 0.0404. The summed E-state index contributed by atoms with van der Waals surface area (Å²) < 4.78 is 14.5. The van der Waals surface area contributed by atoms with Crippen LogP contribution in [0, 0.1) is 15.3 Å². The van der Waals surface area contributed by atoms with Crippen LogP contribution >= 0.6 is 22.6 Å². The summed E-state index contributed by atoms with van der Waals surface area (Å²) in [7, 11) is 0. The highest BCUT2D eigenvalue weighted by Crippen LogP contribution is 2.35. The van der Waals surface area contributed by atoms with E-state index in [1.165, 1.54) is 6.07 Å². The Morgan fingerprint density at radius 2 is 2.12 bits per heavy atom. The van der Waals surface area contributed by atoms with Crippen molar-refractivity contribution in [3.63, 3.8) is 0 Å². The van der Waals surface area contributed by atoms with E-state index in [1.807, 2.05) is 0 Å². The normalized spacial score (nSPS) is 20.2. The summed E-state index contributed by atoms with van der Waals surface area (Å²) in [5.74, 6) is -0.0847. The first-order chi connectivity index (χ1) is 7.59. The van der Waals surface area contributed by atoms with Gasteiger partial charge in [0.15, 0.2) is 0 Å². The molecule has 1 fully saturated rings. The highest BCUT2D eigenvalue weighted by atomic mass is 127. The van der Waals surface area contributed by atoms with Crippen molar-refractivity contribution in [2.75, 3.05) is 0 Å². The zero-order valence-electron chi connectivity index (χ0n) is 8.87. The van der Waals surface area contributed by atoms with E-state index >= 15 is 0 Å². The highest BCUT2D eigenvalue weighted by Gasteiger charge is 2.31. The average molecular weight is 335 g/mol. The molecule has 16 heavy (non-hydrogen) atoms. The van der Waals surface area contributed by atoms with Gasteiger partial charge in [-0.1, -0.05) is 6.42 Å². The van der Waals surface area contributed by atoms with Gasteiger partial charge in [-0.05, 0) is 59.5 Å². The Bertz CT molecular complexity index is 381. The molecule has 2 nitrogen and oxygen atoms in total. The molecule has 0 saturated heterocycles. The van der Waals surface area contributed by atoms with Crippen LogP contribution in [0.4, 0.5) is 4.39 Å². The molecule has 2 rings (SSSR count). The van der Waals surface area contributed by atoms with Gasteiger partial charge in [0, 0.05) is 9.13 Å². The van der Waals surface area contributed by atoms with Crippen LogP contribution in [0.3, 0.4) is 0 Å². The highest BCUT2D eigenvalue weighted by molar-refractivity contribution is 14.1. The summed E-state index contributed by atoms with van der Waals surface area (Å²) in [6, 6.07) is 4.20. The minimum atomic E-state index is -0.624. The van der Waals surface area contributed by atoms with Crippen molar-refractivity contribution < 1.29 is 9.50 Å². The van der Waals surface area contributed by atoms with Gasteiger partial charge in [0.2, 0.25) is 0 Å². The first-order valence-corrected chi connectivity index (χ1v) is 6.56. The van der Waals surface area contributed by atoms with Gasteiger partial charge >= 0.3 is 0 Å². The largest absolute Gasteiger partial charge is 0.391 e. The first kappa shape index (κ1) is 12.3. The molecule has 1 aliphatic carbocycles. The molecule has 1 saturated carbocycles. The lowest BCUT2D eigenvalue weighted by Crippen LogP contribution is -2.36. The van der Waals surface area contributed by atoms with Gasteiger partial charge < -0.3 is 10.8 Å². The van der Waals surface area contributed by atoms with Crippen molar-refractivity contribution in [2.45, 2.75) is 31.4 Å². The van der Waals surface area contributed by atoms with Crippen LogP contribution in [0.25, 0.3) is 0 Å². The maximum atomic E-state index is 13.6. The fraction of sp³-hybridized carbons (Fsp3) is 0.500. The third-order valence-electron chi connectivity index (χ3n) is 3.32. The second kappa shape index (κ2) is 4.98. The number of aliphatic hydroxyl groups excluding tert-OH is 1. The molecule has 88 valence electrons. The first-order valence-electron chi connectivity index (χ1n) is 5.48. The standard InChI is InChI=1S/C12H15FINO/c13-10-5-4-8(14)6-9(10)11(15)12(16)7-2-1-3-7/h4-7,11-12,16H,1-3,15H2/t11-,12+/m1/s1. The molecule has 0 aliphatic heterocycles. The molecule has 0 unspecified atom stereocenters. The van der Waals surface area contributed by atoms with Gasteiger partial charge in [-0.15, -0.1) is 0 Å². The lowest BCUT2D eigenvalue weighted by Gasteiger charge is -2.33. The zero-order valence-corrected chi connectivity index (χ0v) is 11.0. The van der Waals surface area contributed by atoms with E-state index in [2.05, 4.69) is 22.6 Å². The third-order valence-corrected chi connectivity index (χ3v) is 3.99. The van der Waals surface area contributed by atoms with Gasteiger partial charge in [-0.3, -0.25) is 0 Å². The van der Waals surface area contributed by atoms with Crippen LogP contribution in [-0.2, 0) is 0 Å². The Balaban J connectivity index is 2.18. The van der Waals surface area contributed by atoms with Crippen molar-refractivity contribution in [3.8, 4) is 0 Å². The van der Waals surface area contributed by atoms with E-state index in [1.54, 1.807) is 12.1 Å². The van der Waals surface area contributed by atoms with Gasteiger partial charge in [0.25, 0.3) is 0 Å². The number of hydrogen-bond acceptors (Lipinski definition) is 2. The molecule has 0 aromatic heterocycles. The fourth-order valence-electron chi connectivity index (χ4n) is 2.03. The predicted octanol–water partition coefficient (Wildman–Crippen LogP) is 2.59. The van der Waals surface area contributed by atoms with Gasteiger partial charge in [-0.2, -0.15) is 0 Å². The molecule has 1 aliphatic rings. The van der Waals surface area contributed by atoms with E-state index in [4.69, 9.17) is 5.73 Å². The van der Waals surface area contributed by atoms with Crippen LogP contribution in [0.1, 0.15) is 30.9 Å². The topological polar surface area (TPSA) is 46.2 Å². The van der Waals surface area contributed by atoms with Crippen LogP contribution in [0.5, 0.6) is 0 Å². The molecule has 0 spiro atoms. The predicted molar refractivity (Wildman–Crippen MR) is 69.4 cm³/mol. The quantitative estimate of drug-likeness (QED) is 0.834. The lowest BCUT2D eigenvalue weighted by atomic mass is 9.77. The zero-order chi connectivity index (χ0) is 11.7. The van der Waals surface area contributed by atoms with Crippen LogP contribution in [0.2, 0.25) is 0 Å². The Labute approximate surface area is 108 Å². The minimum absolute atomic E-state index is 0.243. The molecule has 0 bridgehead atoms. The Morgan fingerprint density at radius 3 is 2.69 bits per heavy atom. The Kier molecular flexibility index (Phi) is 3.81. The van der Waals surface area contributed by atoms with Crippen molar-refractivity contribution in [1.29, 1.82) is 0 Å². The molecular formula is C12H15FINO. The monoisotopic (exact) mass is 335 g/mol. The van der Waals surface area contributed by atoms with E-state index in [0.717, 1.165) is 22.8 Å². The summed E-state index contributed by atoms with van der Waals surface area (Å²) >= 11 is 2.12. The number of halogens is 2. The van der Waals surface area contributed by atoms with Gasteiger partial charge in [0.05, 0.1) is 12.1 Å². The van der Waals surface area contributed by atoms with Gasteiger partial charge in [0.1, 0.15) is 5.82 Å². The smallest absolute Gasteiger partial charge is 0.128 e. The number of aliphatic hydroxyl groups is 1. The summed E-state index contributed by atoms with van der Waals surface area (Å²) in [4.78, 5) is 0. The van der Waals surface area contributed by atoms with Crippen LogP contribution in [0.15, 0.2) is 18.2 Å². The SMILES string of the molecule is N[C@H](c1cc(I)ccc1F)[C@@H](O)C1CCC1. The minimum Gasteiger partial charge on any atom is -0.391 e. The second-order valence-electron chi connectivity index (χ2n) is 4.37. The maximum absolute atomic E-state index is 13.6.